The molecule has 1 saturated carbocycles. The third kappa shape index (κ3) is 7.47. The monoisotopic (exact) mass is 529 g/mol. The van der Waals surface area contributed by atoms with Gasteiger partial charge in [0.1, 0.15) is 18.3 Å². The van der Waals surface area contributed by atoms with Crippen molar-refractivity contribution < 1.29 is 22.7 Å². The molecule has 1 unspecified atom stereocenters. The Morgan fingerprint density at radius 3 is 2.16 bits per heavy atom. The maximum atomic E-state index is 13.8. The van der Waals surface area contributed by atoms with Gasteiger partial charge in [0.2, 0.25) is 21.8 Å². The Kier molecular flexibility index (Phi) is 9.59. The minimum atomic E-state index is -3.77. The van der Waals surface area contributed by atoms with Gasteiger partial charge in [0.05, 0.1) is 19.1 Å². The lowest BCUT2D eigenvalue weighted by molar-refractivity contribution is -0.139. The number of rotatable bonds is 10. The van der Waals surface area contributed by atoms with Gasteiger partial charge in [-0.25, -0.2) is 8.42 Å². The first-order valence-corrected chi connectivity index (χ1v) is 14.6. The van der Waals surface area contributed by atoms with Gasteiger partial charge in [0.15, 0.2) is 0 Å². The molecule has 2 amide bonds. The first-order valence-electron chi connectivity index (χ1n) is 12.8. The zero-order chi connectivity index (χ0) is 27.2. The van der Waals surface area contributed by atoms with Crippen molar-refractivity contribution in [3.8, 4) is 5.75 Å². The zero-order valence-electron chi connectivity index (χ0n) is 22.5. The first kappa shape index (κ1) is 28.5. The maximum Gasteiger partial charge on any atom is 0.244 e. The summed E-state index contributed by atoms with van der Waals surface area (Å²) in [6, 6.07) is 12.1. The summed E-state index contributed by atoms with van der Waals surface area (Å²) in [7, 11) is -2.19. The van der Waals surface area contributed by atoms with Crippen LogP contribution in [0.1, 0.15) is 55.7 Å². The number of anilines is 1. The van der Waals surface area contributed by atoms with Crippen LogP contribution in [-0.4, -0.2) is 57.1 Å². The molecule has 0 heterocycles. The Bertz CT molecular complexity index is 1170. The summed E-state index contributed by atoms with van der Waals surface area (Å²) < 4.78 is 32.1. The smallest absolute Gasteiger partial charge is 0.244 e. The largest absolute Gasteiger partial charge is 0.497 e. The average molecular weight is 530 g/mol. The number of sulfonamides is 1. The van der Waals surface area contributed by atoms with Crippen molar-refractivity contribution in [2.24, 2.45) is 0 Å². The Labute approximate surface area is 221 Å². The first-order chi connectivity index (χ1) is 17.5. The van der Waals surface area contributed by atoms with Crippen molar-refractivity contribution in [1.29, 1.82) is 0 Å². The van der Waals surface area contributed by atoms with Crippen LogP contribution in [0.25, 0.3) is 0 Å². The van der Waals surface area contributed by atoms with Crippen molar-refractivity contribution >= 4 is 27.5 Å². The molecule has 8 nitrogen and oxygen atoms in total. The second-order valence-electron chi connectivity index (χ2n) is 9.90. The Morgan fingerprint density at radius 1 is 1.03 bits per heavy atom. The molecule has 1 aliphatic rings. The highest BCUT2D eigenvalue weighted by atomic mass is 32.2. The molecule has 9 heteroatoms. The average Bonchev–Trinajstić information content (AvgIpc) is 2.86. The lowest BCUT2D eigenvalue weighted by Gasteiger charge is -2.33. The molecule has 37 heavy (non-hydrogen) atoms. The number of aryl methyl sites for hydroxylation is 2. The van der Waals surface area contributed by atoms with E-state index in [-0.39, 0.29) is 18.5 Å². The van der Waals surface area contributed by atoms with Crippen LogP contribution >= 0.6 is 0 Å². The second kappa shape index (κ2) is 12.4. The summed E-state index contributed by atoms with van der Waals surface area (Å²) in [6.07, 6.45) is 6.28. The number of nitrogens with one attached hydrogen (secondary N) is 1. The zero-order valence-corrected chi connectivity index (χ0v) is 23.3. The number of amides is 2. The molecule has 2 aromatic carbocycles. The molecule has 0 saturated heterocycles. The summed E-state index contributed by atoms with van der Waals surface area (Å²) in [5.74, 6) is 0.00456. The number of benzene rings is 2. The van der Waals surface area contributed by atoms with E-state index in [1.165, 1.54) is 11.3 Å². The van der Waals surface area contributed by atoms with Gasteiger partial charge < -0.3 is 15.0 Å². The predicted molar refractivity (Wildman–Crippen MR) is 146 cm³/mol. The highest BCUT2D eigenvalue weighted by Gasteiger charge is 2.32. The molecule has 0 aromatic heterocycles. The quantitative estimate of drug-likeness (QED) is 0.503. The molecule has 1 fully saturated rings. The normalized spacial score (nSPS) is 15.1. The van der Waals surface area contributed by atoms with Crippen LogP contribution in [0.5, 0.6) is 5.75 Å². The molecule has 3 rings (SSSR count). The number of carbonyl (C=O) groups is 2. The van der Waals surface area contributed by atoms with Crippen molar-refractivity contribution in [1.82, 2.24) is 10.2 Å². The summed E-state index contributed by atoms with van der Waals surface area (Å²) in [4.78, 5) is 28.5. The van der Waals surface area contributed by atoms with Crippen LogP contribution in [0, 0.1) is 13.8 Å². The van der Waals surface area contributed by atoms with Gasteiger partial charge in [-0.1, -0.05) is 49.6 Å². The predicted octanol–water partition coefficient (Wildman–Crippen LogP) is 3.94. The van der Waals surface area contributed by atoms with Crippen molar-refractivity contribution in [2.75, 3.05) is 24.2 Å². The Morgan fingerprint density at radius 2 is 1.62 bits per heavy atom. The van der Waals surface area contributed by atoms with Crippen molar-refractivity contribution in [3.63, 3.8) is 0 Å². The number of para-hydroxylation sites is 1. The molecule has 0 spiro atoms. The number of hydrogen-bond acceptors (Lipinski definition) is 5. The molecular formula is C28H39N3O5S. The molecule has 0 radical (unpaired) electrons. The van der Waals surface area contributed by atoms with E-state index in [1.807, 2.05) is 44.2 Å². The van der Waals surface area contributed by atoms with Crippen LogP contribution in [0.3, 0.4) is 0 Å². The third-order valence-electron chi connectivity index (χ3n) is 7.00. The molecule has 0 aliphatic heterocycles. The van der Waals surface area contributed by atoms with E-state index in [9.17, 15) is 18.0 Å². The van der Waals surface area contributed by atoms with Gasteiger partial charge in [-0.3, -0.25) is 13.9 Å². The lowest BCUT2D eigenvalue weighted by atomic mass is 9.95. The number of methoxy groups -OCH3 is 1. The molecule has 202 valence electrons. The van der Waals surface area contributed by atoms with Crippen molar-refractivity contribution in [3.05, 3.63) is 59.2 Å². The van der Waals surface area contributed by atoms with Crippen LogP contribution in [-0.2, 0) is 26.2 Å². The fraction of sp³-hybridized carbons (Fsp3) is 0.500. The van der Waals surface area contributed by atoms with E-state index < -0.39 is 28.5 Å². The van der Waals surface area contributed by atoms with Gasteiger partial charge in [-0.15, -0.1) is 0 Å². The van der Waals surface area contributed by atoms with Gasteiger partial charge in [0, 0.05) is 12.6 Å². The lowest BCUT2D eigenvalue weighted by Crippen LogP contribution is -2.53. The highest BCUT2D eigenvalue weighted by Crippen LogP contribution is 2.27. The summed E-state index contributed by atoms with van der Waals surface area (Å²) in [5.41, 5.74) is 2.80. The highest BCUT2D eigenvalue weighted by molar-refractivity contribution is 7.92. The Hall–Kier alpha value is -3.07. The number of ether oxygens (including phenoxy) is 1. The minimum absolute atomic E-state index is 0.101. The molecule has 2 aromatic rings. The minimum Gasteiger partial charge on any atom is -0.497 e. The molecule has 1 N–H and O–H groups in total. The van der Waals surface area contributed by atoms with Gasteiger partial charge in [-0.2, -0.15) is 0 Å². The van der Waals surface area contributed by atoms with Crippen LogP contribution in [0.4, 0.5) is 5.69 Å². The van der Waals surface area contributed by atoms with Gasteiger partial charge in [-0.05, 0) is 62.4 Å². The maximum absolute atomic E-state index is 13.8. The third-order valence-corrected chi connectivity index (χ3v) is 8.11. The van der Waals surface area contributed by atoms with E-state index in [4.69, 9.17) is 4.74 Å². The summed E-state index contributed by atoms with van der Waals surface area (Å²) >= 11 is 0. The van der Waals surface area contributed by atoms with Crippen molar-refractivity contribution in [2.45, 2.75) is 71.5 Å². The van der Waals surface area contributed by atoms with Crippen LogP contribution in [0.15, 0.2) is 42.5 Å². The standard InChI is InChI=1S/C28H39N3O5S/c1-20-10-9-11-21(2)27(20)31(37(5,34)35)19-26(32)30(18-23-14-16-25(36-4)17-15-23)22(3)28(33)29-24-12-7-6-8-13-24/h9-11,14-17,22,24H,6-8,12-13,18-19H2,1-5H3,(H,29,33). The summed E-state index contributed by atoms with van der Waals surface area (Å²) in [6.45, 7) is 5.10. The molecule has 1 aliphatic carbocycles. The second-order valence-corrected chi connectivity index (χ2v) is 11.8. The summed E-state index contributed by atoms with van der Waals surface area (Å²) in [5, 5.41) is 3.11. The van der Waals surface area contributed by atoms with Crippen LogP contribution in [0.2, 0.25) is 0 Å². The molecule has 0 bridgehead atoms. The fourth-order valence-electron chi connectivity index (χ4n) is 4.85. The number of hydrogen-bond donors (Lipinski definition) is 1. The van der Waals surface area contributed by atoms with E-state index >= 15 is 0 Å². The van der Waals surface area contributed by atoms with Crippen LogP contribution < -0.4 is 14.4 Å². The number of nitrogens with zero attached hydrogens (tertiary/aromatic N) is 2. The Balaban J connectivity index is 1.90. The number of carbonyl (C=O) groups excluding carboxylic acids is 2. The fourth-order valence-corrected chi connectivity index (χ4v) is 5.82. The van der Waals surface area contributed by atoms with Gasteiger partial charge in [0.25, 0.3) is 0 Å². The van der Waals surface area contributed by atoms with E-state index in [0.717, 1.165) is 52.9 Å². The topological polar surface area (TPSA) is 96.0 Å². The van der Waals surface area contributed by atoms with E-state index in [0.29, 0.717) is 11.4 Å². The SMILES string of the molecule is COc1ccc(CN(C(=O)CN(c2c(C)cccc2C)S(C)(=O)=O)C(C)C(=O)NC2CCCCC2)cc1. The molecular weight excluding hydrogens is 490 g/mol. The van der Waals surface area contributed by atoms with Gasteiger partial charge >= 0.3 is 0 Å². The van der Waals surface area contributed by atoms with E-state index in [2.05, 4.69) is 5.32 Å². The van der Waals surface area contributed by atoms with E-state index in [1.54, 1.807) is 26.2 Å². The molecule has 1 atom stereocenters.